The minimum Gasteiger partial charge on any atom is -0.455 e. The van der Waals surface area contributed by atoms with Crippen molar-refractivity contribution >= 4 is 39.8 Å². The molecule has 0 aliphatic heterocycles. The van der Waals surface area contributed by atoms with Crippen LogP contribution in [0.2, 0.25) is 5.02 Å². The van der Waals surface area contributed by atoms with Gasteiger partial charge >= 0.3 is 5.97 Å². The molecule has 0 radical (unpaired) electrons. The van der Waals surface area contributed by atoms with Crippen molar-refractivity contribution in [1.82, 2.24) is 0 Å². The quantitative estimate of drug-likeness (QED) is 0.696. The van der Waals surface area contributed by atoms with Crippen molar-refractivity contribution in [3.05, 3.63) is 50.9 Å². The molecule has 1 heterocycles. The Morgan fingerprint density at radius 1 is 1.17 bits per heavy atom. The molecule has 2 aliphatic carbocycles. The van der Waals surface area contributed by atoms with Crippen LogP contribution in [0.4, 0.5) is 5.00 Å². The van der Waals surface area contributed by atoms with E-state index in [-0.39, 0.29) is 12.6 Å². The van der Waals surface area contributed by atoms with E-state index in [0.717, 1.165) is 43.2 Å². The summed E-state index contributed by atoms with van der Waals surface area (Å²) in [7, 11) is 0. The molecule has 0 atom stereocenters. The number of aryl methyl sites for hydroxylation is 1. The maximum Gasteiger partial charge on any atom is 0.317 e. The number of hydrogen-bond acceptors (Lipinski definition) is 5. The van der Waals surface area contributed by atoms with Gasteiger partial charge < -0.3 is 10.1 Å². The molecule has 0 saturated heterocycles. The van der Waals surface area contributed by atoms with Crippen LogP contribution in [0.1, 0.15) is 53.7 Å². The zero-order valence-corrected chi connectivity index (χ0v) is 17.5. The van der Waals surface area contributed by atoms with Crippen LogP contribution in [0.15, 0.2) is 24.3 Å². The number of carbonyl (C=O) groups excluding carboxylic acids is 2. The highest BCUT2D eigenvalue weighted by molar-refractivity contribution is 7.16. The molecule has 1 aromatic carbocycles. The smallest absolute Gasteiger partial charge is 0.317 e. The van der Waals surface area contributed by atoms with Crippen LogP contribution in [-0.4, -0.2) is 18.5 Å². The first kappa shape index (κ1) is 19.9. The lowest BCUT2D eigenvalue weighted by molar-refractivity contribution is -0.153. The Bertz CT molecular complexity index is 985. The van der Waals surface area contributed by atoms with Gasteiger partial charge in [0.2, 0.25) is 0 Å². The molecule has 1 aromatic heterocycles. The van der Waals surface area contributed by atoms with Crippen LogP contribution in [0, 0.1) is 11.3 Å². The summed E-state index contributed by atoms with van der Waals surface area (Å²) in [4.78, 5) is 26.5. The van der Waals surface area contributed by atoms with Crippen LogP contribution in [-0.2, 0) is 32.6 Å². The minimum absolute atomic E-state index is 0.360. The highest BCUT2D eigenvalue weighted by Gasteiger charge is 2.44. The topological polar surface area (TPSA) is 79.2 Å². The van der Waals surface area contributed by atoms with Gasteiger partial charge in [0, 0.05) is 9.90 Å². The Morgan fingerprint density at radius 3 is 2.59 bits per heavy atom. The number of ether oxygens (including phenoxy) is 1. The fraction of sp³-hybridized carbons (Fsp3) is 0.409. The average molecular weight is 429 g/mol. The van der Waals surface area contributed by atoms with E-state index in [2.05, 4.69) is 11.4 Å². The Balaban J connectivity index is 1.43. The molecule has 2 aromatic rings. The van der Waals surface area contributed by atoms with Gasteiger partial charge in [0.1, 0.15) is 11.1 Å². The van der Waals surface area contributed by atoms with Crippen molar-refractivity contribution in [2.24, 2.45) is 0 Å². The summed E-state index contributed by atoms with van der Waals surface area (Å²) in [5.41, 5.74) is 1.77. The van der Waals surface area contributed by atoms with E-state index >= 15 is 0 Å². The molecule has 150 valence electrons. The number of nitrogens with one attached hydrogen (secondary N) is 1. The number of halogens is 1. The molecule has 1 saturated carbocycles. The largest absolute Gasteiger partial charge is 0.455 e. The lowest BCUT2D eigenvalue weighted by atomic mass is 9.79. The third kappa shape index (κ3) is 3.77. The van der Waals surface area contributed by atoms with Gasteiger partial charge in [-0.25, -0.2) is 0 Å². The first-order valence-corrected chi connectivity index (χ1v) is 11.0. The number of carbonyl (C=O) groups is 2. The van der Waals surface area contributed by atoms with Gasteiger partial charge in [0.25, 0.3) is 5.91 Å². The summed E-state index contributed by atoms with van der Waals surface area (Å²) in [6, 6.07) is 9.47. The Labute approximate surface area is 178 Å². The van der Waals surface area contributed by atoms with E-state index in [4.69, 9.17) is 16.3 Å². The molecule has 4 rings (SSSR count). The van der Waals surface area contributed by atoms with Crippen LogP contribution in [0.25, 0.3) is 0 Å². The van der Waals surface area contributed by atoms with Gasteiger partial charge in [-0.15, -0.1) is 11.3 Å². The van der Waals surface area contributed by atoms with Gasteiger partial charge in [-0.3, -0.25) is 9.59 Å². The summed E-state index contributed by atoms with van der Waals surface area (Å²) in [5, 5.41) is 13.4. The standard InChI is InChI=1S/C22H21ClN2O3S/c23-15-8-6-14(7-9-15)22(10-1-2-11-22)21(27)28-13-19(26)25-20-17(12-24)16-4-3-5-18(16)29-20/h6-9H,1-5,10-11,13H2,(H,25,26). The normalized spacial score (nSPS) is 16.8. The summed E-state index contributed by atoms with van der Waals surface area (Å²) >= 11 is 7.44. The molecule has 0 spiro atoms. The van der Waals surface area contributed by atoms with Crippen LogP contribution in [0.3, 0.4) is 0 Å². The highest BCUT2D eigenvalue weighted by Crippen LogP contribution is 2.42. The molecule has 7 heteroatoms. The van der Waals surface area contributed by atoms with E-state index in [9.17, 15) is 14.9 Å². The second-order valence-corrected chi connectivity index (χ2v) is 9.14. The van der Waals surface area contributed by atoms with E-state index in [1.165, 1.54) is 16.2 Å². The maximum absolute atomic E-state index is 13.0. The van der Waals surface area contributed by atoms with Crippen molar-refractivity contribution in [3.8, 4) is 6.07 Å². The van der Waals surface area contributed by atoms with Crippen molar-refractivity contribution in [3.63, 3.8) is 0 Å². The number of hydrogen-bond donors (Lipinski definition) is 1. The highest BCUT2D eigenvalue weighted by atomic mass is 35.5. The Kier molecular flexibility index (Phi) is 5.62. The van der Waals surface area contributed by atoms with Crippen molar-refractivity contribution in [1.29, 1.82) is 5.26 Å². The molecule has 1 N–H and O–H groups in total. The number of fused-ring (bicyclic) bond motifs is 1. The number of rotatable bonds is 5. The Morgan fingerprint density at radius 2 is 1.90 bits per heavy atom. The lowest BCUT2D eigenvalue weighted by Gasteiger charge is -2.27. The predicted octanol–water partition coefficient (Wildman–Crippen LogP) is 4.76. The van der Waals surface area contributed by atoms with Gasteiger partial charge in [0.15, 0.2) is 6.61 Å². The first-order valence-electron chi connectivity index (χ1n) is 9.81. The second kappa shape index (κ2) is 8.17. The lowest BCUT2D eigenvalue weighted by Crippen LogP contribution is -2.36. The summed E-state index contributed by atoms with van der Waals surface area (Å²) in [6.07, 6.45) is 6.16. The van der Waals surface area contributed by atoms with E-state index in [1.807, 2.05) is 12.1 Å². The number of benzene rings is 1. The SMILES string of the molecule is N#Cc1c(NC(=O)COC(=O)C2(c3ccc(Cl)cc3)CCCC2)sc2c1CCC2. The number of nitrogens with zero attached hydrogens (tertiary/aromatic N) is 1. The predicted molar refractivity (Wildman–Crippen MR) is 112 cm³/mol. The maximum atomic E-state index is 13.0. The van der Waals surface area contributed by atoms with Gasteiger partial charge in [0.05, 0.1) is 11.0 Å². The average Bonchev–Trinajstić information content (AvgIpc) is 3.43. The van der Waals surface area contributed by atoms with Gasteiger partial charge in [-0.05, 0) is 55.4 Å². The second-order valence-electron chi connectivity index (χ2n) is 7.59. The summed E-state index contributed by atoms with van der Waals surface area (Å²) in [6.45, 7) is -0.360. The third-order valence-electron chi connectivity index (χ3n) is 5.87. The van der Waals surface area contributed by atoms with Crippen molar-refractivity contribution < 1.29 is 14.3 Å². The molecule has 0 bridgehead atoms. The molecule has 1 fully saturated rings. The number of thiophene rings is 1. The molecule has 5 nitrogen and oxygen atoms in total. The van der Waals surface area contributed by atoms with Gasteiger partial charge in [-0.1, -0.05) is 36.6 Å². The van der Waals surface area contributed by atoms with E-state index in [0.29, 0.717) is 28.4 Å². The molecule has 0 unspecified atom stereocenters. The minimum atomic E-state index is -0.715. The molecule has 29 heavy (non-hydrogen) atoms. The van der Waals surface area contributed by atoms with Crippen molar-refractivity contribution in [2.45, 2.75) is 50.4 Å². The van der Waals surface area contributed by atoms with Crippen LogP contribution >= 0.6 is 22.9 Å². The first-order chi connectivity index (χ1) is 14.0. The zero-order chi connectivity index (χ0) is 20.4. The number of nitriles is 1. The Hall–Kier alpha value is -2.36. The third-order valence-corrected chi connectivity index (χ3v) is 7.32. The molecule has 2 aliphatic rings. The number of anilines is 1. The molecular weight excluding hydrogens is 408 g/mol. The van der Waals surface area contributed by atoms with E-state index in [1.54, 1.807) is 12.1 Å². The fourth-order valence-electron chi connectivity index (χ4n) is 4.40. The zero-order valence-electron chi connectivity index (χ0n) is 15.9. The summed E-state index contributed by atoms with van der Waals surface area (Å²) < 4.78 is 5.44. The monoisotopic (exact) mass is 428 g/mol. The summed E-state index contributed by atoms with van der Waals surface area (Å²) in [5.74, 6) is -0.791. The van der Waals surface area contributed by atoms with Crippen molar-refractivity contribution in [2.75, 3.05) is 11.9 Å². The van der Waals surface area contributed by atoms with Crippen LogP contribution < -0.4 is 5.32 Å². The van der Waals surface area contributed by atoms with Gasteiger partial charge in [-0.2, -0.15) is 5.26 Å². The number of esters is 1. The van der Waals surface area contributed by atoms with E-state index < -0.39 is 11.3 Å². The number of amides is 1. The fourth-order valence-corrected chi connectivity index (χ4v) is 5.78. The van der Waals surface area contributed by atoms with Crippen LogP contribution in [0.5, 0.6) is 0 Å². The molecular formula is C22H21ClN2O3S. The molecule has 1 amide bonds.